The number of benzene rings is 1. The monoisotopic (exact) mass is 364 g/mol. The molecule has 134 valence electrons. The summed E-state index contributed by atoms with van der Waals surface area (Å²) in [7, 11) is 0. The van der Waals surface area contributed by atoms with Crippen molar-refractivity contribution in [3.8, 4) is 12.3 Å². The quantitative estimate of drug-likeness (QED) is 0.686. The molecule has 1 saturated heterocycles. The number of terminal acetylenes is 1. The Morgan fingerprint density at radius 1 is 1.24 bits per heavy atom. The number of nitrogens with zero attached hydrogens (tertiary/aromatic N) is 2. The second-order valence-corrected chi connectivity index (χ2v) is 6.55. The largest absolute Gasteiger partial charge is 0.378 e. The van der Waals surface area contributed by atoms with E-state index in [1.54, 1.807) is 17.0 Å². The lowest BCUT2D eigenvalue weighted by atomic mass is 10.2. The third kappa shape index (κ3) is 6.40. The summed E-state index contributed by atoms with van der Waals surface area (Å²) in [5.41, 5.74) is 0.805. The number of hydrogen-bond donors (Lipinski definition) is 0. The van der Waals surface area contributed by atoms with Crippen LogP contribution in [0, 0.1) is 18.2 Å². The molecule has 25 heavy (non-hydrogen) atoms. The normalized spacial score (nSPS) is 14.0. The second-order valence-electron chi connectivity index (χ2n) is 5.57. The zero-order valence-corrected chi connectivity index (χ0v) is 14.8. The Bertz CT molecular complexity index is 624. The number of carbonyl (C=O) groups is 2. The molecule has 1 aliphatic rings. The van der Waals surface area contributed by atoms with Gasteiger partial charge in [-0.25, -0.2) is 4.39 Å². The van der Waals surface area contributed by atoms with Crippen LogP contribution in [0.1, 0.15) is 5.56 Å². The summed E-state index contributed by atoms with van der Waals surface area (Å²) >= 11 is 1.28. The lowest BCUT2D eigenvalue weighted by Crippen LogP contribution is -2.41. The van der Waals surface area contributed by atoms with Crippen molar-refractivity contribution in [3.63, 3.8) is 0 Å². The highest BCUT2D eigenvalue weighted by Crippen LogP contribution is 2.10. The number of carbonyl (C=O) groups excluding carboxylic acids is 2. The zero-order valence-electron chi connectivity index (χ0n) is 13.9. The number of amides is 2. The molecule has 0 aliphatic carbocycles. The highest BCUT2D eigenvalue weighted by atomic mass is 32.2. The Morgan fingerprint density at radius 2 is 1.92 bits per heavy atom. The Balaban J connectivity index is 1.80. The Kier molecular flexibility index (Phi) is 7.76. The van der Waals surface area contributed by atoms with Crippen molar-refractivity contribution in [2.45, 2.75) is 6.54 Å². The van der Waals surface area contributed by atoms with E-state index in [4.69, 9.17) is 11.2 Å². The van der Waals surface area contributed by atoms with Crippen LogP contribution in [-0.4, -0.2) is 66.0 Å². The van der Waals surface area contributed by atoms with Crippen molar-refractivity contribution >= 4 is 23.6 Å². The van der Waals surface area contributed by atoms with Gasteiger partial charge in [0.25, 0.3) is 0 Å². The van der Waals surface area contributed by atoms with Crippen molar-refractivity contribution in [2.75, 3.05) is 44.4 Å². The van der Waals surface area contributed by atoms with Gasteiger partial charge in [-0.2, -0.15) is 0 Å². The molecule has 0 bridgehead atoms. The standard InChI is InChI=1S/C18H21FN2O3S/c1-2-7-21(12-15-3-5-16(19)6-4-15)18(23)14-25-13-17(22)20-8-10-24-11-9-20/h1,3-6H,7-14H2. The van der Waals surface area contributed by atoms with Crippen LogP contribution < -0.4 is 0 Å². The number of halogens is 1. The first-order chi connectivity index (χ1) is 12.1. The van der Waals surface area contributed by atoms with Crippen molar-refractivity contribution in [1.82, 2.24) is 9.80 Å². The van der Waals surface area contributed by atoms with E-state index < -0.39 is 0 Å². The fourth-order valence-corrected chi connectivity index (χ4v) is 3.19. The van der Waals surface area contributed by atoms with E-state index >= 15 is 0 Å². The molecular formula is C18H21FN2O3S. The molecule has 1 heterocycles. The van der Waals surface area contributed by atoms with Crippen LogP contribution in [0.15, 0.2) is 24.3 Å². The van der Waals surface area contributed by atoms with Crippen molar-refractivity contribution in [2.24, 2.45) is 0 Å². The highest BCUT2D eigenvalue weighted by molar-refractivity contribution is 8.00. The first-order valence-electron chi connectivity index (χ1n) is 7.99. The molecule has 2 amide bonds. The van der Waals surface area contributed by atoms with Gasteiger partial charge in [-0.3, -0.25) is 9.59 Å². The number of ether oxygens (including phenoxy) is 1. The summed E-state index contributed by atoms with van der Waals surface area (Å²) in [6.45, 7) is 2.81. The molecule has 7 heteroatoms. The lowest BCUT2D eigenvalue weighted by Gasteiger charge is -2.26. The van der Waals surface area contributed by atoms with Crippen LogP contribution in [0.4, 0.5) is 4.39 Å². The fourth-order valence-electron chi connectivity index (χ4n) is 2.37. The summed E-state index contributed by atoms with van der Waals surface area (Å²) in [5.74, 6) is 2.46. The average Bonchev–Trinajstić information content (AvgIpc) is 2.63. The van der Waals surface area contributed by atoms with Gasteiger partial charge < -0.3 is 14.5 Å². The topological polar surface area (TPSA) is 49.9 Å². The summed E-state index contributed by atoms with van der Waals surface area (Å²) in [6, 6.07) is 5.95. The number of hydrogen-bond acceptors (Lipinski definition) is 4. The minimum atomic E-state index is -0.323. The molecule has 0 saturated carbocycles. The summed E-state index contributed by atoms with van der Waals surface area (Å²) in [4.78, 5) is 27.7. The summed E-state index contributed by atoms with van der Waals surface area (Å²) in [5, 5.41) is 0. The maximum absolute atomic E-state index is 13.0. The highest BCUT2D eigenvalue weighted by Gasteiger charge is 2.18. The molecule has 0 spiro atoms. The Hall–Kier alpha value is -2.04. The van der Waals surface area contributed by atoms with Crippen molar-refractivity contribution in [3.05, 3.63) is 35.6 Å². The van der Waals surface area contributed by atoms with E-state index in [1.165, 1.54) is 28.8 Å². The molecule has 0 N–H and O–H groups in total. The van der Waals surface area contributed by atoms with Crippen LogP contribution in [0.3, 0.4) is 0 Å². The van der Waals surface area contributed by atoms with Crippen LogP contribution in [0.25, 0.3) is 0 Å². The van der Waals surface area contributed by atoms with E-state index in [-0.39, 0.29) is 35.7 Å². The number of thioether (sulfide) groups is 1. The maximum Gasteiger partial charge on any atom is 0.233 e. The first kappa shape index (κ1) is 19.3. The molecular weight excluding hydrogens is 343 g/mol. The lowest BCUT2D eigenvalue weighted by molar-refractivity contribution is -0.132. The molecule has 0 atom stereocenters. The third-order valence-corrected chi connectivity index (χ3v) is 4.64. The first-order valence-corrected chi connectivity index (χ1v) is 9.14. The van der Waals surface area contributed by atoms with Crippen molar-refractivity contribution < 1.29 is 18.7 Å². The second kappa shape index (κ2) is 10.1. The molecule has 0 radical (unpaired) electrons. The van der Waals surface area contributed by atoms with Gasteiger partial charge in [-0.05, 0) is 17.7 Å². The predicted molar refractivity (Wildman–Crippen MR) is 95.4 cm³/mol. The van der Waals surface area contributed by atoms with Crippen LogP contribution in [-0.2, 0) is 20.9 Å². The molecule has 0 aromatic heterocycles. The van der Waals surface area contributed by atoms with E-state index in [0.717, 1.165) is 5.56 Å². The minimum absolute atomic E-state index is 0.0168. The van der Waals surface area contributed by atoms with Gasteiger partial charge in [-0.15, -0.1) is 18.2 Å². The minimum Gasteiger partial charge on any atom is -0.378 e. The molecule has 5 nitrogen and oxygen atoms in total. The van der Waals surface area contributed by atoms with Crippen LogP contribution >= 0.6 is 11.8 Å². The van der Waals surface area contributed by atoms with E-state index in [9.17, 15) is 14.0 Å². The van der Waals surface area contributed by atoms with Gasteiger partial charge in [-0.1, -0.05) is 18.1 Å². The van der Waals surface area contributed by atoms with E-state index in [2.05, 4.69) is 5.92 Å². The van der Waals surface area contributed by atoms with Crippen molar-refractivity contribution in [1.29, 1.82) is 0 Å². The van der Waals surface area contributed by atoms with Crippen LogP contribution in [0.5, 0.6) is 0 Å². The molecule has 1 aromatic carbocycles. The molecule has 1 aliphatic heterocycles. The fraction of sp³-hybridized carbons (Fsp3) is 0.444. The number of morpholine rings is 1. The van der Waals surface area contributed by atoms with Crippen LogP contribution in [0.2, 0.25) is 0 Å². The molecule has 0 unspecified atom stereocenters. The van der Waals surface area contributed by atoms with Gasteiger partial charge in [0.1, 0.15) is 5.82 Å². The average molecular weight is 364 g/mol. The van der Waals surface area contributed by atoms with E-state index in [1.807, 2.05) is 0 Å². The zero-order chi connectivity index (χ0) is 18.1. The smallest absolute Gasteiger partial charge is 0.233 e. The van der Waals surface area contributed by atoms with Gasteiger partial charge in [0.2, 0.25) is 11.8 Å². The molecule has 1 aromatic rings. The molecule has 1 fully saturated rings. The Labute approximate surface area is 151 Å². The van der Waals surface area contributed by atoms with Gasteiger partial charge in [0.05, 0.1) is 31.3 Å². The maximum atomic E-state index is 13.0. The summed E-state index contributed by atoms with van der Waals surface area (Å²) < 4.78 is 18.2. The number of rotatable bonds is 7. The van der Waals surface area contributed by atoms with Gasteiger partial charge in [0.15, 0.2) is 0 Å². The SMILES string of the molecule is C#CCN(Cc1ccc(F)cc1)C(=O)CSCC(=O)N1CCOCC1. The Morgan fingerprint density at radius 3 is 2.56 bits per heavy atom. The van der Waals surface area contributed by atoms with Gasteiger partial charge in [0, 0.05) is 19.6 Å². The predicted octanol–water partition coefficient (Wildman–Crippen LogP) is 1.38. The molecule has 2 rings (SSSR count). The van der Waals surface area contributed by atoms with Gasteiger partial charge >= 0.3 is 0 Å². The third-order valence-electron chi connectivity index (χ3n) is 3.74. The van der Waals surface area contributed by atoms with E-state index in [0.29, 0.717) is 32.8 Å². The summed E-state index contributed by atoms with van der Waals surface area (Å²) in [6.07, 6.45) is 5.34.